The van der Waals surface area contributed by atoms with E-state index in [4.69, 9.17) is 4.74 Å². The van der Waals surface area contributed by atoms with E-state index in [0.717, 1.165) is 25.2 Å². The molecule has 1 aliphatic carbocycles. The summed E-state index contributed by atoms with van der Waals surface area (Å²) in [7, 11) is 0. The molecule has 3 nitrogen and oxygen atoms in total. The molecule has 3 rings (SSSR count). The summed E-state index contributed by atoms with van der Waals surface area (Å²) >= 11 is 0. The summed E-state index contributed by atoms with van der Waals surface area (Å²) in [6.45, 7) is 10.4. The predicted octanol–water partition coefficient (Wildman–Crippen LogP) is 6.80. The van der Waals surface area contributed by atoms with Crippen LogP contribution in [0.4, 0.5) is 0 Å². The van der Waals surface area contributed by atoms with Crippen molar-refractivity contribution in [1.82, 2.24) is 0 Å². The van der Waals surface area contributed by atoms with Crippen LogP contribution in [0.3, 0.4) is 0 Å². The number of benzene rings is 2. The highest BCUT2D eigenvalue weighted by molar-refractivity contribution is 5.86. The number of rotatable bonds is 10. The van der Waals surface area contributed by atoms with Crippen LogP contribution in [0, 0.1) is 5.92 Å². The van der Waals surface area contributed by atoms with Gasteiger partial charge in [-0.2, -0.15) is 0 Å². The monoisotopic (exact) mass is 448 g/mol. The summed E-state index contributed by atoms with van der Waals surface area (Å²) in [4.78, 5) is 11.8. The summed E-state index contributed by atoms with van der Waals surface area (Å²) in [5, 5.41) is 9.30. The summed E-state index contributed by atoms with van der Waals surface area (Å²) in [6.07, 6.45) is 8.49. The Morgan fingerprint density at radius 1 is 1.03 bits per heavy atom. The number of aryl methyl sites for hydroxylation is 2. The average Bonchev–Trinajstić information content (AvgIpc) is 2.83. The lowest BCUT2D eigenvalue weighted by molar-refractivity contribution is -0.138. The van der Waals surface area contributed by atoms with Gasteiger partial charge in [-0.25, -0.2) is 4.79 Å². The Bertz CT molecular complexity index is 951. The number of hydrogen-bond donors (Lipinski definition) is 1. The number of ether oxygens (including phenoxy) is 1. The van der Waals surface area contributed by atoms with E-state index in [9.17, 15) is 9.90 Å². The van der Waals surface area contributed by atoms with Crippen molar-refractivity contribution >= 4 is 5.97 Å². The smallest absolute Gasteiger partial charge is 0.333 e. The minimum Gasteiger partial charge on any atom is -0.462 e. The van der Waals surface area contributed by atoms with Gasteiger partial charge in [0.15, 0.2) is 0 Å². The van der Waals surface area contributed by atoms with Crippen LogP contribution in [0.25, 0.3) is 11.1 Å². The predicted molar refractivity (Wildman–Crippen MR) is 137 cm³/mol. The molecule has 178 valence electrons. The van der Waals surface area contributed by atoms with Crippen LogP contribution in [0.15, 0.2) is 48.6 Å². The lowest BCUT2D eigenvalue weighted by Gasteiger charge is -2.27. The van der Waals surface area contributed by atoms with Gasteiger partial charge in [0, 0.05) is 18.6 Å². The SMILES string of the molecule is C=C(C)C(=O)OCCc1cc(-c2ccc(C3CCC(C)CC3)cc2CC)ccc1CCCO. The van der Waals surface area contributed by atoms with Crippen molar-refractivity contribution in [1.29, 1.82) is 0 Å². The van der Waals surface area contributed by atoms with Gasteiger partial charge in [-0.3, -0.25) is 0 Å². The standard InChI is InChI=1S/C30H40O3/c1-5-23-19-26(25-10-8-22(4)9-11-25)14-15-29(23)28-13-12-24(7-6-17-31)27(20-28)16-18-33-30(32)21(2)3/h12-15,19-20,22,25,31H,2,5-11,16-18H2,1,3-4H3. The topological polar surface area (TPSA) is 46.5 Å². The summed E-state index contributed by atoms with van der Waals surface area (Å²) in [5.41, 5.74) is 8.21. The van der Waals surface area contributed by atoms with Gasteiger partial charge in [0.2, 0.25) is 0 Å². The highest BCUT2D eigenvalue weighted by Crippen LogP contribution is 2.37. The molecule has 0 spiro atoms. The van der Waals surface area contributed by atoms with E-state index in [2.05, 4.69) is 56.8 Å². The average molecular weight is 449 g/mol. The largest absolute Gasteiger partial charge is 0.462 e. The number of esters is 1. The van der Waals surface area contributed by atoms with Crippen LogP contribution in [-0.2, 0) is 28.8 Å². The molecule has 0 radical (unpaired) electrons. The minimum atomic E-state index is -0.343. The second-order valence-corrected chi connectivity index (χ2v) is 9.70. The van der Waals surface area contributed by atoms with E-state index < -0.39 is 0 Å². The van der Waals surface area contributed by atoms with Gasteiger partial charge in [-0.05, 0) is 84.2 Å². The van der Waals surface area contributed by atoms with E-state index in [1.54, 1.807) is 6.92 Å². The number of hydrogen-bond acceptors (Lipinski definition) is 3. The van der Waals surface area contributed by atoms with E-state index in [1.165, 1.54) is 59.1 Å². The Balaban J connectivity index is 1.84. The normalized spacial score (nSPS) is 18.2. The molecule has 2 aromatic rings. The first-order valence-corrected chi connectivity index (χ1v) is 12.6. The second-order valence-electron chi connectivity index (χ2n) is 9.70. The first-order chi connectivity index (χ1) is 15.9. The molecule has 0 amide bonds. The van der Waals surface area contributed by atoms with Crippen LogP contribution in [0.1, 0.15) is 81.0 Å². The van der Waals surface area contributed by atoms with Crippen molar-refractivity contribution in [3.63, 3.8) is 0 Å². The van der Waals surface area contributed by atoms with Crippen molar-refractivity contribution in [2.24, 2.45) is 5.92 Å². The third-order valence-electron chi connectivity index (χ3n) is 7.07. The van der Waals surface area contributed by atoms with E-state index in [1.807, 2.05) is 0 Å². The van der Waals surface area contributed by atoms with E-state index in [0.29, 0.717) is 24.5 Å². The van der Waals surface area contributed by atoms with Crippen molar-refractivity contribution in [3.05, 3.63) is 70.8 Å². The van der Waals surface area contributed by atoms with Gasteiger partial charge >= 0.3 is 5.97 Å². The van der Waals surface area contributed by atoms with Crippen LogP contribution >= 0.6 is 0 Å². The number of carbonyl (C=O) groups excluding carboxylic acids is 1. The fourth-order valence-corrected chi connectivity index (χ4v) is 4.95. The molecule has 33 heavy (non-hydrogen) atoms. The lowest BCUT2D eigenvalue weighted by Crippen LogP contribution is -2.11. The second kappa shape index (κ2) is 12.2. The maximum absolute atomic E-state index is 11.8. The molecule has 1 N–H and O–H groups in total. The van der Waals surface area contributed by atoms with E-state index in [-0.39, 0.29) is 12.6 Å². The molecule has 2 aromatic carbocycles. The van der Waals surface area contributed by atoms with Crippen LogP contribution < -0.4 is 0 Å². The Morgan fingerprint density at radius 3 is 2.45 bits per heavy atom. The molecule has 0 aromatic heterocycles. The Hall–Kier alpha value is -2.39. The Morgan fingerprint density at radius 2 is 1.79 bits per heavy atom. The molecule has 1 aliphatic rings. The van der Waals surface area contributed by atoms with Gasteiger partial charge in [0.25, 0.3) is 0 Å². The number of carbonyl (C=O) groups is 1. The fourth-order valence-electron chi connectivity index (χ4n) is 4.95. The van der Waals surface area contributed by atoms with Gasteiger partial charge in [0.1, 0.15) is 0 Å². The maximum atomic E-state index is 11.8. The third kappa shape index (κ3) is 6.80. The van der Waals surface area contributed by atoms with E-state index >= 15 is 0 Å². The molecular formula is C30H40O3. The number of aliphatic hydroxyl groups is 1. The van der Waals surface area contributed by atoms with Crippen molar-refractivity contribution in [3.8, 4) is 11.1 Å². The zero-order valence-electron chi connectivity index (χ0n) is 20.7. The molecule has 1 fully saturated rings. The first-order valence-electron chi connectivity index (χ1n) is 12.6. The zero-order valence-corrected chi connectivity index (χ0v) is 20.7. The molecule has 0 bridgehead atoms. The molecule has 0 aliphatic heterocycles. The highest BCUT2D eigenvalue weighted by Gasteiger charge is 2.20. The summed E-state index contributed by atoms with van der Waals surface area (Å²) in [5.74, 6) is 1.22. The van der Waals surface area contributed by atoms with Gasteiger partial charge in [-0.1, -0.05) is 69.7 Å². The van der Waals surface area contributed by atoms with Crippen LogP contribution in [-0.4, -0.2) is 24.3 Å². The minimum absolute atomic E-state index is 0.174. The molecule has 0 atom stereocenters. The number of aliphatic hydroxyl groups excluding tert-OH is 1. The third-order valence-corrected chi connectivity index (χ3v) is 7.07. The summed E-state index contributed by atoms with van der Waals surface area (Å²) in [6, 6.07) is 13.7. The van der Waals surface area contributed by atoms with Crippen LogP contribution in [0.2, 0.25) is 0 Å². The highest BCUT2D eigenvalue weighted by atomic mass is 16.5. The van der Waals surface area contributed by atoms with Gasteiger partial charge < -0.3 is 9.84 Å². The molecule has 0 heterocycles. The Labute approximate surface area is 199 Å². The zero-order chi connectivity index (χ0) is 23.8. The molecular weight excluding hydrogens is 408 g/mol. The molecule has 3 heteroatoms. The molecule has 0 saturated heterocycles. The lowest BCUT2D eigenvalue weighted by atomic mass is 9.78. The first kappa shape index (κ1) is 25.2. The van der Waals surface area contributed by atoms with Gasteiger partial charge in [0.05, 0.1) is 6.61 Å². The Kier molecular flexibility index (Phi) is 9.31. The van der Waals surface area contributed by atoms with Crippen molar-refractivity contribution < 1.29 is 14.6 Å². The maximum Gasteiger partial charge on any atom is 0.333 e. The quantitative estimate of drug-likeness (QED) is 0.321. The van der Waals surface area contributed by atoms with Crippen LogP contribution in [0.5, 0.6) is 0 Å². The molecule has 1 saturated carbocycles. The summed E-state index contributed by atoms with van der Waals surface area (Å²) < 4.78 is 5.36. The fraction of sp³-hybridized carbons (Fsp3) is 0.500. The van der Waals surface area contributed by atoms with Crippen molar-refractivity contribution in [2.75, 3.05) is 13.2 Å². The van der Waals surface area contributed by atoms with Gasteiger partial charge in [-0.15, -0.1) is 0 Å². The van der Waals surface area contributed by atoms with Crippen molar-refractivity contribution in [2.45, 2.75) is 78.1 Å². The molecule has 0 unspecified atom stereocenters.